The number of amides is 4. The molecule has 0 saturated carbocycles. The molecule has 1 heterocycles. The maximum absolute atomic E-state index is 12.5. The average Bonchev–Trinajstić information content (AvgIpc) is 2.80. The van der Waals surface area contributed by atoms with Crippen LogP contribution < -0.4 is 0 Å². The number of ketones is 1. The van der Waals surface area contributed by atoms with Gasteiger partial charge in [0.1, 0.15) is 0 Å². The number of nitrogens with zero attached hydrogens (tertiary/aromatic N) is 2. The molecule has 1 aliphatic rings. The lowest BCUT2D eigenvalue weighted by Crippen LogP contribution is -2.37. The van der Waals surface area contributed by atoms with Crippen molar-refractivity contribution < 1.29 is 19.2 Å². The first-order valence-electron chi connectivity index (χ1n) is 8.20. The number of carbonyl (C=O) groups excluding carboxylic acids is 4. The van der Waals surface area contributed by atoms with Crippen LogP contribution in [0.15, 0.2) is 48.5 Å². The molecule has 3 rings (SSSR count). The number of hydrogen-bond acceptors (Lipinski definition) is 4. The smallest absolute Gasteiger partial charge is 0.292 e. The van der Waals surface area contributed by atoms with Crippen LogP contribution in [0.4, 0.5) is 4.79 Å². The summed E-state index contributed by atoms with van der Waals surface area (Å²) in [4.78, 5) is 50.9. The van der Waals surface area contributed by atoms with Crippen LogP contribution in [-0.4, -0.2) is 40.0 Å². The van der Waals surface area contributed by atoms with Crippen molar-refractivity contribution in [1.29, 1.82) is 0 Å². The second-order valence-electron chi connectivity index (χ2n) is 6.29. The van der Waals surface area contributed by atoms with Crippen LogP contribution in [0.1, 0.15) is 27.0 Å². The van der Waals surface area contributed by atoms with E-state index in [4.69, 9.17) is 0 Å². The van der Waals surface area contributed by atoms with Crippen LogP contribution in [0.2, 0.25) is 0 Å². The molecule has 26 heavy (non-hydrogen) atoms. The van der Waals surface area contributed by atoms with Crippen molar-refractivity contribution in [2.75, 3.05) is 6.54 Å². The van der Waals surface area contributed by atoms with Crippen LogP contribution in [-0.2, 0) is 16.1 Å². The Kier molecular flexibility index (Phi) is 4.67. The molecule has 0 bridgehead atoms. The summed E-state index contributed by atoms with van der Waals surface area (Å²) in [5, 5.41) is 0. The maximum atomic E-state index is 12.5. The minimum absolute atomic E-state index is 0.00149. The molecule has 1 fully saturated rings. The van der Waals surface area contributed by atoms with E-state index in [0.717, 1.165) is 21.6 Å². The molecular weight excluding hydrogens is 332 g/mol. The lowest BCUT2D eigenvalue weighted by molar-refractivity contribution is -0.143. The van der Waals surface area contributed by atoms with Crippen molar-refractivity contribution in [2.24, 2.45) is 0 Å². The fraction of sp³-hybridized carbons (Fsp3) is 0.200. The predicted molar refractivity (Wildman–Crippen MR) is 94.3 cm³/mol. The number of carbonyl (C=O) groups is 4. The van der Waals surface area contributed by atoms with Gasteiger partial charge in [-0.25, -0.2) is 9.69 Å². The zero-order chi connectivity index (χ0) is 18.8. The fourth-order valence-corrected chi connectivity index (χ4v) is 2.95. The van der Waals surface area contributed by atoms with Gasteiger partial charge in [-0.05, 0) is 25.0 Å². The number of Topliss-reactive ketones (excluding diaryl/α,β-unsaturated/α-hetero) is 1. The van der Waals surface area contributed by atoms with E-state index in [1.54, 1.807) is 43.3 Å². The quantitative estimate of drug-likeness (QED) is 0.472. The number of aryl methyl sites for hydroxylation is 2. The van der Waals surface area contributed by atoms with Gasteiger partial charge in [-0.2, -0.15) is 0 Å². The highest BCUT2D eigenvalue weighted by molar-refractivity contribution is 6.45. The molecule has 1 saturated heterocycles. The van der Waals surface area contributed by atoms with Gasteiger partial charge < -0.3 is 0 Å². The summed E-state index contributed by atoms with van der Waals surface area (Å²) in [6.07, 6.45) is 0. The third-order valence-electron chi connectivity index (χ3n) is 4.30. The fourth-order valence-electron chi connectivity index (χ4n) is 2.95. The summed E-state index contributed by atoms with van der Waals surface area (Å²) in [5.74, 6) is -2.25. The molecule has 0 spiro atoms. The van der Waals surface area contributed by atoms with E-state index in [0.29, 0.717) is 10.5 Å². The first kappa shape index (κ1) is 17.5. The lowest BCUT2D eigenvalue weighted by Gasteiger charge is -2.15. The SMILES string of the molecule is Cc1ccc(C(=O)CN2C(=O)C(=O)N(Cc3ccccc3)C2=O)c(C)c1. The Balaban J connectivity index is 1.78. The number of hydrogen-bond donors (Lipinski definition) is 0. The van der Waals surface area contributed by atoms with Crippen LogP contribution in [0.3, 0.4) is 0 Å². The van der Waals surface area contributed by atoms with Gasteiger partial charge >= 0.3 is 17.8 Å². The number of imide groups is 2. The van der Waals surface area contributed by atoms with Crippen molar-refractivity contribution in [3.05, 3.63) is 70.8 Å². The first-order chi connectivity index (χ1) is 12.4. The topological polar surface area (TPSA) is 74.8 Å². The molecule has 2 aromatic carbocycles. The Morgan fingerprint density at radius 3 is 2.19 bits per heavy atom. The van der Waals surface area contributed by atoms with Crippen molar-refractivity contribution in [3.63, 3.8) is 0 Å². The number of rotatable bonds is 5. The molecule has 0 atom stereocenters. The second kappa shape index (κ2) is 6.92. The van der Waals surface area contributed by atoms with E-state index in [-0.39, 0.29) is 12.3 Å². The van der Waals surface area contributed by atoms with Gasteiger partial charge in [0.25, 0.3) is 0 Å². The normalized spacial score (nSPS) is 14.3. The molecule has 6 heteroatoms. The molecule has 2 aromatic rings. The third kappa shape index (κ3) is 3.26. The monoisotopic (exact) mass is 350 g/mol. The highest BCUT2D eigenvalue weighted by atomic mass is 16.2. The maximum Gasteiger partial charge on any atom is 0.334 e. The Hall–Kier alpha value is -3.28. The van der Waals surface area contributed by atoms with E-state index in [1.165, 1.54) is 0 Å². The zero-order valence-electron chi connectivity index (χ0n) is 14.6. The molecule has 132 valence electrons. The van der Waals surface area contributed by atoms with Gasteiger partial charge in [0.2, 0.25) is 0 Å². The average molecular weight is 350 g/mol. The van der Waals surface area contributed by atoms with Gasteiger partial charge in [0.15, 0.2) is 5.78 Å². The zero-order valence-corrected chi connectivity index (χ0v) is 14.6. The highest BCUT2D eigenvalue weighted by Gasteiger charge is 2.45. The van der Waals surface area contributed by atoms with Gasteiger partial charge in [-0.3, -0.25) is 19.3 Å². The second-order valence-corrected chi connectivity index (χ2v) is 6.29. The van der Waals surface area contributed by atoms with Crippen LogP contribution in [0.5, 0.6) is 0 Å². The van der Waals surface area contributed by atoms with Crippen molar-refractivity contribution in [2.45, 2.75) is 20.4 Å². The number of benzene rings is 2. The molecular formula is C20H18N2O4. The van der Waals surface area contributed by atoms with E-state index in [9.17, 15) is 19.2 Å². The van der Waals surface area contributed by atoms with E-state index in [1.807, 2.05) is 19.1 Å². The summed E-state index contributed by atoms with van der Waals surface area (Å²) < 4.78 is 0. The predicted octanol–water partition coefficient (Wildman–Crippen LogP) is 2.48. The van der Waals surface area contributed by atoms with E-state index < -0.39 is 24.4 Å². The summed E-state index contributed by atoms with van der Waals surface area (Å²) >= 11 is 0. The molecule has 1 aliphatic heterocycles. The van der Waals surface area contributed by atoms with Crippen LogP contribution in [0, 0.1) is 13.8 Å². The minimum Gasteiger partial charge on any atom is -0.292 e. The van der Waals surface area contributed by atoms with E-state index in [2.05, 4.69) is 0 Å². The first-order valence-corrected chi connectivity index (χ1v) is 8.20. The molecule has 0 aromatic heterocycles. The van der Waals surface area contributed by atoms with Gasteiger partial charge in [0, 0.05) is 5.56 Å². The standard InChI is InChI=1S/C20H18N2O4/c1-13-8-9-16(14(2)10-13)17(23)12-22-19(25)18(24)21(20(22)26)11-15-6-4-3-5-7-15/h3-10H,11-12H2,1-2H3. The van der Waals surface area contributed by atoms with Gasteiger partial charge in [-0.1, -0.05) is 54.1 Å². The Morgan fingerprint density at radius 2 is 1.54 bits per heavy atom. The molecule has 0 aliphatic carbocycles. The molecule has 0 unspecified atom stereocenters. The van der Waals surface area contributed by atoms with Crippen molar-refractivity contribution in [3.8, 4) is 0 Å². The molecule has 6 nitrogen and oxygen atoms in total. The minimum atomic E-state index is -0.968. The summed E-state index contributed by atoms with van der Waals surface area (Å²) in [6.45, 7) is 3.26. The van der Waals surface area contributed by atoms with Gasteiger partial charge in [0.05, 0.1) is 13.1 Å². The summed E-state index contributed by atoms with van der Waals surface area (Å²) in [5.41, 5.74) is 2.94. The lowest BCUT2D eigenvalue weighted by atomic mass is 10.0. The largest absolute Gasteiger partial charge is 0.334 e. The summed E-state index contributed by atoms with van der Waals surface area (Å²) in [7, 11) is 0. The Bertz CT molecular complexity index is 905. The van der Waals surface area contributed by atoms with Crippen molar-refractivity contribution in [1.82, 2.24) is 9.80 Å². The molecule has 0 N–H and O–H groups in total. The highest BCUT2D eigenvalue weighted by Crippen LogP contribution is 2.18. The molecule has 0 radical (unpaired) electrons. The third-order valence-corrected chi connectivity index (χ3v) is 4.30. The summed E-state index contributed by atoms with van der Waals surface area (Å²) in [6, 6.07) is 13.4. The van der Waals surface area contributed by atoms with E-state index >= 15 is 0 Å². The van der Waals surface area contributed by atoms with Crippen LogP contribution in [0.25, 0.3) is 0 Å². The Morgan fingerprint density at radius 1 is 0.885 bits per heavy atom. The van der Waals surface area contributed by atoms with Gasteiger partial charge in [-0.15, -0.1) is 0 Å². The van der Waals surface area contributed by atoms with Crippen molar-refractivity contribution >= 4 is 23.6 Å². The molecule has 4 amide bonds. The number of urea groups is 1. The van der Waals surface area contributed by atoms with Crippen LogP contribution >= 0.6 is 0 Å². The Labute approximate surface area is 151 Å².